The molecule has 106 valence electrons. The Morgan fingerprint density at radius 3 is 2.50 bits per heavy atom. The van der Waals surface area contributed by atoms with Gasteiger partial charge in [0, 0.05) is 24.8 Å². The molecule has 0 saturated heterocycles. The predicted molar refractivity (Wildman–Crippen MR) is 85.1 cm³/mol. The van der Waals surface area contributed by atoms with Crippen LogP contribution in [-0.4, -0.2) is 23.6 Å². The maximum atomic E-state index is 5.97. The Hall–Kier alpha value is -1.81. The number of nitrogens with zero attached hydrogens (tertiary/aromatic N) is 3. The van der Waals surface area contributed by atoms with Crippen LogP contribution in [-0.2, 0) is 6.42 Å². The third-order valence-electron chi connectivity index (χ3n) is 3.10. The van der Waals surface area contributed by atoms with E-state index < -0.39 is 0 Å². The Labute approximate surface area is 124 Å². The van der Waals surface area contributed by atoms with Crippen LogP contribution in [0.3, 0.4) is 0 Å². The number of anilines is 3. The Kier molecular flexibility index (Phi) is 4.79. The second-order valence-electron chi connectivity index (χ2n) is 4.13. The molecular weight excluding hydrogens is 272 g/mol. The zero-order valence-corrected chi connectivity index (χ0v) is 12.8. The molecule has 5 heteroatoms. The van der Waals surface area contributed by atoms with Gasteiger partial charge in [-0.3, -0.25) is 0 Å². The van der Waals surface area contributed by atoms with Crippen molar-refractivity contribution in [2.45, 2.75) is 20.3 Å². The molecule has 3 rings (SSSR count). The number of hydrogen-bond donors (Lipinski definition) is 1. The highest BCUT2D eigenvalue weighted by molar-refractivity contribution is 6.28. The highest BCUT2D eigenvalue weighted by atomic mass is 35.5. The van der Waals surface area contributed by atoms with E-state index in [1.54, 1.807) is 0 Å². The van der Waals surface area contributed by atoms with Gasteiger partial charge in [-0.15, -0.1) is 0 Å². The van der Waals surface area contributed by atoms with Gasteiger partial charge in [0.05, 0.1) is 0 Å². The molecule has 4 nitrogen and oxygen atoms in total. The van der Waals surface area contributed by atoms with Crippen molar-refractivity contribution >= 4 is 28.9 Å². The summed E-state index contributed by atoms with van der Waals surface area (Å²) in [5, 5.41) is 3.36. The lowest BCUT2D eigenvalue weighted by Crippen LogP contribution is -2.14. The topological polar surface area (TPSA) is 41.1 Å². The molecule has 0 spiro atoms. The monoisotopic (exact) mass is 290 g/mol. The molecule has 0 atom stereocenters. The lowest BCUT2D eigenvalue weighted by Gasteiger charge is -2.18. The molecule has 0 aliphatic carbocycles. The first-order valence-electron chi connectivity index (χ1n) is 6.86. The van der Waals surface area contributed by atoms with Gasteiger partial charge in [0.25, 0.3) is 0 Å². The van der Waals surface area contributed by atoms with E-state index in [1.807, 2.05) is 39.1 Å². The third-order valence-corrected chi connectivity index (χ3v) is 3.27. The van der Waals surface area contributed by atoms with E-state index in [0.717, 1.165) is 35.9 Å². The first-order valence-corrected chi connectivity index (χ1v) is 7.24. The van der Waals surface area contributed by atoms with Crippen molar-refractivity contribution in [2.24, 2.45) is 0 Å². The summed E-state index contributed by atoms with van der Waals surface area (Å²) in [6.45, 7) is 4.91. The highest BCUT2D eigenvalue weighted by Gasteiger charge is 2.25. The number of nitrogens with one attached hydrogen (secondary N) is 1. The standard InChI is InChI=1S/C13H13ClN4.C2H6/c1-15-11-10-7-8-18(9-5-3-2-4-6-9)12(10)17-13(14)16-11;1-2/h2-6H,7-8H2,1H3,(H,15,16,17);1-2H3. The van der Waals surface area contributed by atoms with Crippen LogP contribution >= 0.6 is 11.6 Å². The quantitative estimate of drug-likeness (QED) is 0.852. The SMILES string of the molecule is CC.CNc1nc(Cl)nc2c1CCN2c1ccccc1. The number of fused-ring (bicyclic) bond motifs is 1. The number of rotatable bonds is 2. The summed E-state index contributed by atoms with van der Waals surface area (Å²) in [5.41, 5.74) is 2.26. The number of aromatic nitrogens is 2. The van der Waals surface area contributed by atoms with E-state index in [4.69, 9.17) is 11.6 Å². The van der Waals surface area contributed by atoms with Crippen LogP contribution in [0.1, 0.15) is 19.4 Å². The van der Waals surface area contributed by atoms with Crippen LogP contribution < -0.4 is 10.2 Å². The second-order valence-corrected chi connectivity index (χ2v) is 4.47. The predicted octanol–water partition coefficient (Wildman–Crippen LogP) is 3.89. The molecule has 0 bridgehead atoms. The van der Waals surface area contributed by atoms with E-state index in [2.05, 4.69) is 32.3 Å². The number of benzene rings is 1. The first kappa shape index (κ1) is 14.6. The third kappa shape index (κ3) is 2.70. The van der Waals surface area contributed by atoms with Gasteiger partial charge >= 0.3 is 0 Å². The molecule has 1 aliphatic heterocycles. The molecule has 1 N–H and O–H groups in total. The van der Waals surface area contributed by atoms with Gasteiger partial charge < -0.3 is 10.2 Å². The molecule has 0 saturated carbocycles. The van der Waals surface area contributed by atoms with Crippen molar-refractivity contribution in [3.05, 3.63) is 41.2 Å². The molecule has 2 aromatic rings. The van der Waals surface area contributed by atoms with Gasteiger partial charge in [-0.05, 0) is 30.2 Å². The van der Waals surface area contributed by atoms with Gasteiger partial charge in [-0.2, -0.15) is 4.98 Å². The Balaban J connectivity index is 0.000000704. The maximum absolute atomic E-state index is 5.97. The summed E-state index contributed by atoms with van der Waals surface area (Å²) >= 11 is 5.97. The van der Waals surface area contributed by atoms with Crippen molar-refractivity contribution in [1.82, 2.24) is 9.97 Å². The van der Waals surface area contributed by atoms with E-state index in [9.17, 15) is 0 Å². The van der Waals surface area contributed by atoms with Gasteiger partial charge in [0.15, 0.2) is 0 Å². The van der Waals surface area contributed by atoms with E-state index in [1.165, 1.54) is 0 Å². The molecule has 0 radical (unpaired) electrons. The molecule has 1 aliphatic rings. The summed E-state index contributed by atoms with van der Waals surface area (Å²) < 4.78 is 0. The lowest BCUT2D eigenvalue weighted by molar-refractivity contribution is 0.990. The highest BCUT2D eigenvalue weighted by Crippen LogP contribution is 2.36. The van der Waals surface area contributed by atoms with Crippen LogP contribution in [0.4, 0.5) is 17.3 Å². The number of para-hydroxylation sites is 1. The molecule has 0 amide bonds. The Morgan fingerprint density at radius 1 is 1.15 bits per heavy atom. The maximum Gasteiger partial charge on any atom is 0.226 e. The van der Waals surface area contributed by atoms with Crippen molar-refractivity contribution in [2.75, 3.05) is 23.8 Å². The molecule has 20 heavy (non-hydrogen) atoms. The minimum Gasteiger partial charge on any atom is -0.373 e. The van der Waals surface area contributed by atoms with Gasteiger partial charge in [0.2, 0.25) is 5.28 Å². The zero-order chi connectivity index (χ0) is 14.5. The summed E-state index contributed by atoms with van der Waals surface area (Å²) in [5.74, 6) is 1.73. The van der Waals surface area contributed by atoms with Crippen LogP contribution in [0, 0.1) is 0 Å². The molecule has 0 unspecified atom stereocenters. The normalized spacial score (nSPS) is 12.5. The van der Waals surface area contributed by atoms with Gasteiger partial charge in [-0.25, -0.2) is 4.98 Å². The average Bonchev–Trinajstić information content (AvgIpc) is 2.93. The van der Waals surface area contributed by atoms with Crippen LogP contribution in [0.5, 0.6) is 0 Å². The van der Waals surface area contributed by atoms with Crippen LogP contribution in [0.15, 0.2) is 30.3 Å². The fourth-order valence-electron chi connectivity index (χ4n) is 2.29. The fourth-order valence-corrected chi connectivity index (χ4v) is 2.46. The van der Waals surface area contributed by atoms with Crippen molar-refractivity contribution < 1.29 is 0 Å². The summed E-state index contributed by atoms with van der Waals surface area (Å²) in [6.07, 6.45) is 0.928. The number of hydrogen-bond acceptors (Lipinski definition) is 4. The zero-order valence-electron chi connectivity index (χ0n) is 12.0. The largest absolute Gasteiger partial charge is 0.373 e. The smallest absolute Gasteiger partial charge is 0.226 e. The molecule has 2 heterocycles. The minimum absolute atomic E-state index is 0.279. The number of halogens is 1. The van der Waals surface area contributed by atoms with Gasteiger partial charge in [0.1, 0.15) is 11.6 Å². The van der Waals surface area contributed by atoms with Crippen LogP contribution in [0.25, 0.3) is 0 Å². The molecule has 0 fully saturated rings. The first-order chi connectivity index (χ1) is 9.79. The Bertz CT molecular complexity index is 572. The molecular formula is C15H19ClN4. The van der Waals surface area contributed by atoms with Gasteiger partial charge in [-0.1, -0.05) is 32.0 Å². The molecule has 1 aromatic carbocycles. The Morgan fingerprint density at radius 2 is 1.85 bits per heavy atom. The van der Waals surface area contributed by atoms with Crippen molar-refractivity contribution in [3.63, 3.8) is 0 Å². The van der Waals surface area contributed by atoms with E-state index in [0.29, 0.717) is 0 Å². The van der Waals surface area contributed by atoms with Crippen molar-refractivity contribution in [3.8, 4) is 0 Å². The minimum atomic E-state index is 0.279. The summed E-state index contributed by atoms with van der Waals surface area (Å²) in [4.78, 5) is 10.7. The van der Waals surface area contributed by atoms with Crippen molar-refractivity contribution in [1.29, 1.82) is 0 Å². The second kappa shape index (κ2) is 6.57. The summed E-state index contributed by atoms with van der Waals surface area (Å²) in [6, 6.07) is 10.2. The summed E-state index contributed by atoms with van der Waals surface area (Å²) in [7, 11) is 1.85. The van der Waals surface area contributed by atoms with E-state index >= 15 is 0 Å². The van der Waals surface area contributed by atoms with Crippen LogP contribution in [0.2, 0.25) is 5.28 Å². The lowest BCUT2D eigenvalue weighted by atomic mass is 10.2. The van der Waals surface area contributed by atoms with E-state index in [-0.39, 0.29) is 5.28 Å². The average molecular weight is 291 g/mol. The fraction of sp³-hybridized carbons (Fsp3) is 0.333. The molecule has 1 aromatic heterocycles.